The molecule has 0 saturated heterocycles. The summed E-state index contributed by atoms with van der Waals surface area (Å²) in [4.78, 5) is 12.5. The van der Waals surface area contributed by atoms with Crippen molar-refractivity contribution < 1.29 is 4.52 Å². The Balaban J connectivity index is 2.03. The zero-order chi connectivity index (χ0) is 14.7. The van der Waals surface area contributed by atoms with Gasteiger partial charge in [-0.05, 0) is 34.1 Å². The van der Waals surface area contributed by atoms with E-state index in [0.717, 1.165) is 22.3 Å². The third kappa shape index (κ3) is 3.59. The fraction of sp³-hybridized carbons (Fsp3) is 0.615. The minimum Gasteiger partial charge on any atom is -0.338 e. The van der Waals surface area contributed by atoms with E-state index in [0.29, 0.717) is 12.4 Å². The Kier molecular flexibility index (Phi) is 5.17. The highest BCUT2D eigenvalue weighted by atomic mass is 32.2. The molecule has 1 atom stereocenters. The number of aryl methyl sites for hydroxylation is 2. The van der Waals surface area contributed by atoms with Crippen molar-refractivity contribution in [1.29, 1.82) is 0 Å². The van der Waals surface area contributed by atoms with Crippen LogP contribution in [-0.4, -0.2) is 33.3 Å². The molecule has 0 bridgehead atoms. The fourth-order valence-electron chi connectivity index (χ4n) is 2.03. The molecule has 0 unspecified atom stereocenters. The Hall–Kier alpha value is -0.920. The van der Waals surface area contributed by atoms with Gasteiger partial charge in [-0.25, -0.2) is 4.98 Å². The first kappa shape index (κ1) is 15.5. The summed E-state index contributed by atoms with van der Waals surface area (Å²) in [6.07, 6.45) is 2.03. The van der Waals surface area contributed by atoms with E-state index >= 15 is 0 Å². The van der Waals surface area contributed by atoms with Crippen LogP contribution in [0.3, 0.4) is 0 Å². The lowest BCUT2D eigenvalue weighted by atomic mass is 10.2. The third-order valence-corrected chi connectivity index (χ3v) is 4.61. The normalized spacial score (nSPS) is 13.1. The van der Waals surface area contributed by atoms with Gasteiger partial charge in [0.15, 0.2) is 5.82 Å². The van der Waals surface area contributed by atoms with Crippen LogP contribution in [0.15, 0.2) is 4.52 Å². The Labute approximate surface area is 127 Å². The summed E-state index contributed by atoms with van der Waals surface area (Å²) in [5.41, 5.74) is 1.14. The van der Waals surface area contributed by atoms with Gasteiger partial charge in [-0.15, -0.1) is 11.3 Å². The number of hydrogen-bond acceptors (Lipinski definition) is 7. The van der Waals surface area contributed by atoms with Gasteiger partial charge in [0.25, 0.3) is 0 Å². The van der Waals surface area contributed by atoms with E-state index in [1.807, 2.05) is 13.2 Å². The average Bonchev–Trinajstić information content (AvgIpc) is 2.95. The maximum absolute atomic E-state index is 5.28. The van der Waals surface area contributed by atoms with Crippen molar-refractivity contribution in [3.05, 3.63) is 27.3 Å². The summed E-state index contributed by atoms with van der Waals surface area (Å²) >= 11 is 3.43. The first-order valence-electron chi connectivity index (χ1n) is 6.45. The minimum atomic E-state index is 0.232. The number of nitrogens with zero attached hydrogens (tertiary/aromatic N) is 4. The molecule has 0 fully saturated rings. The van der Waals surface area contributed by atoms with Gasteiger partial charge in [-0.1, -0.05) is 5.16 Å². The fourth-order valence-corrected chi connectivity index (χ4v) is 3.32. The van der Waals surface area contributed by atoms with Crippen LogP contribution in [0.5, 0.6) is 0 Å². The van der Waals surface area contributed by atoms with Crippen LogP contribution >= 0.6 is 23.1 Å². The van der Waals surface area contributed by atoms with Crippen LogP contribution in [0.25, 0.3) is 0 Å². The highest BCUT2D eigenvalue weighted by Crippen LogP contribution is 2.26. The molecule has 0 spiro atoms. The van der Waals surface area contributed by atoms with E-state index in [2.05, 4.69) is 40.9 Å². The molecule has 0 aromatic carbocycles. The van der Waals surface area contributed by atoms with Gasteiger partial charge in [-0.3, -0.25) is 4.90 Å². The summed E-state index contributed by atoms with van der Waals surface area (Å²) in [7, 11) is 2.05. The number of aromatic nitrogens is 3. The Morgan fingerprint density at radius 1 is 1.35 bits per heavy atom. The molecule has 7 heteroatoms. The molecular weight excluding hydrogens is 292 g/mol. The predicted octanol–water partition coefficient (Wildman–Crippen LogP) is 3.20. The molecule has 0 aliphatic rings. The van der Waals surface area contributed by atoms with E-state index in [4.69, 9.17) is 4.52 Å². The van der Waals surface area contributed by atoms with Crippen molar-refractivity contribution in [1.82, 2.24) is 20.0 Å². The highest BCUT2D eigenvalue weighted by Gasteiger charge is 2.19. The molecule has 110 valence electrons. The summed E-state index contributed by atoms with van der Waals surface area (Å²) in [5, 5.41) is 5.07. The van der Waals surface area contributed by atoms with Crippen LogP contribution in [-0.2, 0) is 12.3 Å². The molecule has 0 aliphatic carbocycles. The second-order valence-corrected chi connectivity index (χ2v) is 7.08. The Morgan fingerprint density at radius 3 is 2.70 bits per heavy atom. The summed E-state index contributed by atoms with van der Waals surface area (Å²) in [5.74, 6) is 2.20. The van der Waals surface area contributed by atoms with E-state index < -0.39 is 0 Å². The molecule has 20 heavy (non-hydrogen) atoms. The lowest BCUT2D eigenvalue weighted by molar-refractivity contribution is 0.213. The first-order valence-corrected chi connectivity index (χ1v) is 8.67. The lowest BCUT2D eigenvalue weighted by Crippen LogP contribution is -2.23. The average molecular weight is 312 g/mol. The quantitative estimate of drug-likeness (QED) is 0.816. The molecule has 2 aromatic heterocycles. The standard InChI is InChI=1S/C13H20N4OS2/c1-8(13-9(2)20-10(3)14-13)17(4)6-12-15-11(7-19-5)16-18-12/h8H,6-7H2,1-5H3/t8-/m1/s1. The van der Waals surface area contributed by atoms with Crippen LogP contribution in [0.4, 0.5) is 0 Å². The van der Waals surface area contributed by atoms with E-state index in [1.54, 1.807) is 23.1 Å². The maximum atomic E-state index is 5.28. The minimum absolute atomic E-state index is 0.232. The number of thioether (sulfide) groups is 1. The Morgan fingerprint density at radius 2 is 2.10 bits per heavy atom. The molecule has 0 radical (unpaired) electrons. The van der Waals surface area contributed by atoms with E-state index in [-0.39, 0.29) is 6.04 Å². The zero-order valence-corrected chi connectivity index (χ0v) is 14.1. The molecular formula is C13H20N4OS2. The van der Waals surface area contributed by atoms with Crippen LogP contribution in [0, 0.1) is 13.8 Å². The van der Waals surface area contributed by atoms with Crippen LogP contribution in [0.1, 0.15) is 40.3 Å². The Bertz CT molecular complexity index is 566. The SMILES string of the molecule is CSCc1noc(CN(C)[C@H](C)c2nc(C)sc2C)n1. The van der Waals surface area contributed by atoms with Gasteiger partial charge in [0.1, 0.15) is 0 Å². The zero-order valence-electron chi connectivity index (χ0n) is 12.5. The third-order valence-electron chi connectivity index (χ3n) is 3.16. The molecule has 0 aliphatic heterocycles. The number of hydrogen-bond donors (Lipinski definition) is 0. The molecule has 2 heterocycles. The van der Waals surface area contributed by atoms with Crippen LogP contribution in [0.2, 0.25) is 0 Å². The topological polar surface area (TPSA) is 55.1 Å². The van der Waals surface area contributed by atoms with Gasteiger partial charge >= 0.3 is 0 Å². The van der Waals surface area contributed by atoms with Crippen molar-refractivity contribution in [2.75, 3.05) is 13.3 Å². The summed E-state index contributed by atoms with van der Waals surface area (Å²) in [6.45, 7) is 6.95. The van der Waals surface area contributed by atoms with Gasteiger partial charge in [0.05, 0.1) is 29.0 Å². The highest BCUT2D eigenvalue weighted by molar-refractivity contribution is 7.97. The van der Waals surface area contributed by atoms with Gasteiger partial charge < -0.3 is 4.52 Å². The summed E-state index contributed by atoms with van der Waals surface area (Å²) < 4.78 is 5.28. The van der Waals surface area contributed by atoms with Crippen molar-refractivity contribution in [2.24, 2.45) is 0 Å². The number of thiazole rings is 1. The van der Waals surface area contributed by atoms with Crippen LogP contribution < -0.4 is 0 Å². The lowest BCUT2D eigenvalue weighted by Gasteiger charge is -2.22. The second kappa shape index (κ2) is 6.69. The smallest absolute Gasteiger partial charge is 0.240 e. The monoisotopic (exact) mass is 312 g/mol. The maximum Gasteiger partial charge on any atom is 0.240 e. The molecule has 2 rings (SSSR count). The number of rotatable bonds is 6. The van der Waals surface area contributed by atoms with Crippen molar-refractivity contribution in [2.45, 2.75) is 39.1 Å². The predicted molar refractivity (Wildman–Crippen MR) is 83.0 cm³/mol. The van der Waals surface area contributed by atoms with Crippen molar-refractivity contribution in [3.8, 4) is 0 Å². The summed E-state index contributed by atoms with van der Waals surface area (Å²) in [6, 6.07) is 0.232. The van der Waals surface area contributed by atoms with Gasteiger partial charge in [0, 0.05) is 4.88 Å². The molecule has 0 N–H and O–H groups in total. The molecule has 5 nitrogen and oxygen atoms in total. The van der Waals surface area contributed by atoms with E-state index in [9.17, 15) is 0 Å². The van der Waals surface area contributed by atoms with Crippen molar-refractivity contribution >= 4 is 23.1 Å². The van der Waals surface area contributed by atoms with Gasteiger partial charge in [-0.2, -0.15) is 16.7 Å². The molecule has 0 amide bonds. The first-order chi connectivity index (χ1) is 9.51. The second-order valence-electron chi connectivity index (χ2n) is 4.80. The molecule has 2 aromatic rings. The van der Waals surface area contributed by atoms with Crippen molar-refractivity contribution in [3.63, 3.8) is 0 Å². The van der Waals surface area contributed by atoms with E-state index in [1.165, 1.54) is 4.88 Å². The molecule has 0 saturated carbocycles. The largest absolute Gasteiger partial charge is 0.338 e. The van der Waals surface area contributed by atoms with Gasteiger partial charge in [0.2, 0.25) is 5.89 Å².